The van der Waals surface area contributed by atoms with Gasteiger partial charge >= 0.3 is 41.5 Å². The first kappa shape index (κ1) is 45.3. The molecular weight excluding hydrogens is 723 g/mol. The van der Waals surface area contributed by atoms with Crippen molar-refractivity contribution in [3.05, 3.63) is 128 Å². The minimum Gasteiger partial charge on any atom is -0.662 e. The zero-order valence-corrected chi connectivity index (χ0v) is 31.2. The summed E-state index contributed by atoms with van der Waals surface area (Å²) in [5.41, 5.74) is 17.3. The predicted octanol–water partition coefficient (Wildman–Crippen LogP) is -2.95. The summed E-state index contributed by atoms with van der Waals surface area (Å²) in [6, 6.07) is 20.2. The van der Waals surface area contributed by atoms with E-state index in [1.165, 1.54) is 16.8 Å². The first-order chi connectivity index (χ1) is 25.5. The summed E-state index contributed by atoms with van der Waals surface area (Å²) in [5.74, 6) is -3.54. The quantitative estimate of drug-likeness (QED) is 0.0467. The summed E-state index contributed by atoms with van der Waals surface area (Å²) in [4.78, 5) is 57.5. The molecule has 0 aliphatic carbocycles. The van der Waals surface area contributed by atoms with Crippen molar-refractivity contribution in [2.75, 3.05) is 26.4 Å². The van der Waals surface area contributed by atoms with Crippen LogP contribution in [0.3, 0.4) is 0 Å². The first-order valence-electron chi connectivity index (χ1n) is 15.8. The minimum absolute atomic E-state index is 0. The van der Waals surface area contributed by atoms with Crippen molar-refractivity contribution in [2.24, 2.45) is 17.2 Å². The third kappa shape index (κ3) is 13.8. The van der Waals surface area contributed by atoms with Crippen LogP contribution < -0.4 is 72.3 Å². The molecule has 0 bridgehead atoms. The number of ether oxygens (including phenoxy) is 4. The van der Waals surface area contributed by atoms with Gasteiger partial charge in [-0.05, 0) is 11.1 Å². The van der Waals surface area contributed by atoms with Crippen molar-refractivity contribution in [3.8, 4) is 11.5 Å². The summed E-state index contributed by atoms with van der Waals surface area (Å²) in [5, 5.41) is 26.9. The molecule has 2 saturated heterocycles. The van der Waals surface area contributed by atoms with Crippen molar-refractivity contribution in [1.29, 1.82) is 0 Å². The standard InChI is InChI=1S/C17H18N2O5.C13H10O5.C4H10N2O.CH2O3.Na/c18-12-9-23-10-13(12)19-7-6-14(20)16(15(19)17(21)22)24-8-11-4-2-1-3-5-11;14-10-6-7-17-12(13(15)16)11(10)18-8-9-4-2-1-3-5-9;5-3-1-7-2-4(3)6;2-1-4-3;/h1-7,12-13H,8-10,18H2,(H,21,22);1-7H,8H2,(H,15,16);3-4H,1-2,5-6H2;1,3H;/q;;;;+1/p-1/t12-,13-;;3-,4-;;/m1.1../s1. The van der Waals surface area contributed by atoms with Crippen molar-refractivity contribution in [3.63, 3.8) is 0 Å². The number of carboxylic acids is 2. The Balaban J connectivity index is 0.000000294. The number of nitrogens with zero attached hydrogens (tertiary/aromatic N) is 1. The van der Waals surface area contributed by atoms with Crippen LogP contribution in [0.1, 0.15) is 38.2 Å². The van der Waals surface area contributed by atoms with Gasteiger partial charge in [-0.15, -0.1) is 0 Å². The van der Waals surface area contributed by atoms with Gasteiger partial charge in [0.25, 0.3) is 12.2 Å². The number of carboxylic acid groups (broad SMARTS) is 2. The molecule has 6 rings (SSSR count). The van der Waals surface area contributed by atoms with Crippen molar-refractivity contribution < 1.29 is 87.7 Å². The van der Waals surface area contributed by atoms with Crippen LogP contribution in [-0.4, -0.2) is 77.7 Å². The normalized spacial score (nSPS) is 18.1. The molecule has 0 spiro atoms. The third-order valence-corrected chi connectivity index (χ3v) is 7.43. The molecule has 8 N–H and O–H groups in total. The van der Waals surface area contributed by atoms with Crippen LogP contribution in [-0.2, 0) is 32.4 Å². The molecule has 4 atom stereocenters. The number of aromatic carboxylic acids is 2. The maximum absolute atomic E-state index is 12.2. The molecule has 4 heterocycles. The molecule has 0 amide bonds. The van der Waals surface area contributed by atoms with E-state index in [9.17, 15) is 24.3 Å². The van der Waals surface area contributed by atoms with E-state index in [1.54, 1.807) is 0 Å². The number of aromatic nitrogens is 1. The summed E-state index contributed by atoms with van der Waals surface area (Å²) in [6.07, 6.45) is 2.46. The molecule has 2 aromatic carbocycles. The number of carbonyl (C=O) groups excluding carboxylic acids is 1. The maximum Gasteiger partial charge on any atom is 1.00 e. The Labute approximate surface area is 330 Å². The molecule has 2 fully saturated rings. The van der Waals surface area contributed by atoms with Gasteiger partial charge in [-0.1, -0.05) is 60.7 Å². The Hall–Kier alpha value is -4.89. The van der Waals surface area contributed by atoms with Gasteiger partial charge in [-0.25, -0.2) is 9.59 Å². The van der Waals surface area contributed by atoms with Gasteiger partial charge in [0.2, 0.25) is 16.6 Å². The van der Waals surface area contributed by atoms with Gasteiger partial charge in [-0.3, -0.25) is 14.4 Å². The van der Waals surface area contributed by atoms with Gasteiger partial charge in [0.1, 0.15) is 13.2 Å². The molecule has 0 unspecified atom stereocenters. The maximum atomic E-state index is 12.2. The smallest absolute Gasteiger partial charge is 0.662 e. The second-order valence-electron chi connectivity index (χ2n) is 11.2. The number of pyridine rings is 1. The van der Waals surface area contributed by atoms with Crippen LogP contribution >= 0.6 is 0 Å². The Morgan fingerprint density at radius 3 is 1.67 bits per heavy atom. The Kier molecular flexibility index (Phi) is 19.9. The van der Waals surface area contributed by atoms with Crippen molar-refractivity contribution in [2.45, 2.75) is 37.4 Å². The number of carbonyl (C=O) groups is 3. The number of nitrogens with two attached hydrogens (primary N) is 3. The molecule has 2 aliphatic rings. The minimum atomic E-state index is -1.34. The third-order valence-electron chi connectivity index (χ3n) is 7.43. The van der Waals surface area contributed by atoms with E-state index in [4.69, 9.17) is 55.7 Å². The second kappa shape index (κ2) is 23.7. The van der Waals surface area contributed by atoms with Gasteiger partial charge in [0.05, 0.1) is 44.8 Å². The molecule has 0 saturated carbocycles. The number of hydrogen-bond donors (Lipinski definition) is 5. The molecule has 2 aliphatic heterocycles. The molecule has 54 heavy (non-hydrogen) atoms. The largest absolute Gasteiger partial charge is 1.00 e. The number of benzene rings is 2. The van der Waals surface area contributed by atoms with Crippen molar-refractivity contribution >= 4 is 18.4 Å². The summed E-state index contributed by atoms with van der Waals surface area (Å²) in [6.45, 7) is 1.92. The second-order valence-corrected chi connectivity index (χ2v) is 11.2. The van der Waals surface area contributed by atoms with E-state index in [-0.39, 0.29) is 90.6 Å². The monoisotopic (exact) mass is 762 g/mol. The topological polar surface area (TPSA) is 291 Å². The zero-order valence-electron chi connectivity index (χ0n) is 29.2. The van der Waals surface area contributed by atoms with Crippen LogP contribution in [0.2, 0.25) is 0 Å². The summed E-state index contributed by atoms with van der Waals surface area (Å²) < 4.78 is 27.2. The van der Waals surface area contributed by atoms with E-state index >= 15 is 0 Å². The molecule has 4 aromatic rings. The van der Waals surface area contributed by atoms with Crippen LogP contribution in [0, 0.1) is 0 Å². The van der Waals surface area contributed by atoms with E-state index in [0.717, 1.165) is 23.5 Å². The zero-order chi connectivity index (χ0) is 38.8. The number of rotatable bonds is 10. The average molecular weight is 763 g/mol. The van der Waals surface area contributed by atoms with Crippen LogP contribution in [0.4, 0.5) is 0 Å². The van der Waals surface area contributed by atoms with Crippen LogP contribution in [0.5, 0.6) is 11.5 Å². The average Bonchev–Trinajstić information content (AvgIpc) is 3.77. The fourth-order valence-electron chi connectivity index (χ4n) is 4.74. The number of hydrogen-bond acceptors (Lipinski definition) is 15. The fourth-order valence-corrected chi connectivity index (χ4v) is 4.74. The Bertz CT molecular complexity index is 1870. The molecular formula is C35H39N4NaO14. The van der Waals surface area contributed by atoms with Crippen LogP contribution in [0.15, 0.2) is 99.3 Å². The fraction of sp³-hybridized carbons (Fsp3) is 0.286. The van der Waals surface area contributed by atoms with E-state index in [0.29, 0.717) is 26.4 Å². The first-order valence-corrected chi connectivity index (χ1v) is 15.8. The predicted molar refractivity (Wildman–Crippen MR) is 183 cm³/mol. The Morgan fingerprint density at radius 2 is 1.24 bits per heavy atom. The molecule has 284 valence electrons. The molecule has 2 aromatic heterocycles. The molecule has 18 nitrogen and oxygen atoms in total. The van der Waals surface area contributed by atoms with E-state index < -0.39 is 28.6 Å². The van der Waals surface area contributed by atoms with E-state index in [1.807, 2.05) is 60.7 Å². The molecule has 19 heteroatoms. The molecule has 0 radical (unpaired) electrons. The van der Waals surface area contributed by atoms with Crippen molar-refractivity contribution in [1.82, 2.24) is 4.57 Å². The SMILES string of the molecule is N[C@@H]1COC[C@H]1N.N[C@@H]1COC[C@H]1n1ccc(=O)c(OCc2ccccc2)c1C(=O)O.O=C(O)c1occc(=O)c1OCc1ccccc1.O=CO[O-].[Na+]. The van der Waals surface area contributed by atoms with Gasteiger partial charge in [0.15, 0.2) is 11.4 Å². The van der Waals surface area contributed by atoms with E-state index in [2.05, 4.69) is 4.89 Å². The van der Waals surface area contributed by atoms with Gasteiger partial charge in [0, 0.05) is 30.4 Å². The summed E-state index contributed by atoms with van der Waals surface area (Å²) in [7, 11) is 0. The summed E-state index contributed by atoms with van der Waals surface area (Å²) >= 11 is 0. The van der Waals surface area contributed by atoms with Gasteiger partial charge < -0.3 is 65.5 Å². The van der Waals surface area contributed by atoms with Gasteiger partial charge in [-0.2, -0.15) is 0 Å². The van der Waals surface area contributed by atoms with Crippen LogP contribution in [0.25, 0.3) is 0 Å². The Morgan fingerprint density at radius 1 is 0.759 bits per heavy atom.